The van der Waals surface area contributed by atoms with E-state index in [0.717, 1.165) is 6.42 Å². The lowest BCUT2D eigenvalue weighted by Gasteiger charge is -2.17. The van der Waals surface area contributed by atoms with E-state index < -0.39 is 18.0 Å². The molecule has 0 bridgehead atoms. The second kappa shape index (κ2) is 6.61. The minimum absolute atomic E-state index is 0.0981. The number of carboxylic acids is 1. The topological polar surface area (TPSA) is 78.4 Å². The van der Waals surface area contributed by atoms with Crippen molar-refractivity contribution in [3.63, 3.8) is 0 Å². The molecule has 1 aliphatic rings. The van der Waals surface area contributed by atoms with Gasteiger partial charge in [0.05, 0.1) is 0 Å². The fourth-order valence-electron chi connectivity index (χ4n) is 2.48. The van der Waals surface area contributed by atoms with Crippen molar-refractivity contribution in [1.82, 2.24) is 10.6 Å². The van der Waals surface area contributed by atoms with Crippen LogP contribution >= 0.6 is 0 Å². The Labute approximate surface area is 124 Å². The van der Waals surface area contributed by atoms with Crippen LogP contribution in [-0.2, 0) is 4.79 Å². The molecule has 2 rings (SSSR count). The molecule has 3 N–H and O–H groups in total. The molecular weight excluding hydrogens is 268 g/mol. The first-order valence-corrected chi connectivity index (χ1v) is 7.32. The number of hydrogen-bond donors (Lipinski definition) is 3. The van der Waals surface area contributed by atoms with E-state index in [1.165, 1.54) is 5.56 Å². The maximum Gasteiger partial charge on any atom is 0.326 e. The van der Waals surface area contributed by atoms with Gasteiger partial charge < -0.3 is 15.7 Å². The van der Waals surface area contributed by atoms with E-state index in [1.807, 2.05) is 44.2 Å². The molecule has 0 saturated heterocycles. The van der Waals surface area contributed by atoms with E-state index in [0.29, 0.717) is 12.3 Å². The Morgan fingerprint density at radius 1 is 1.29 bits per heavy atom. The number of rotatable bonds is 6. The highest BCUT2D eigenvalue weighted by molar-refractivity contribution is 5.82. The fourth-order valence-corrected chi connectivity index (χ4v) is 2.48. The summed E-state index contributed by atoms with van der Waals surface area (Å²) >= 11 is 0. The fraction of sp³-hybridized carbons (Fsp3) is 0.500. The number of hydrogen-bond acceptors (Lipinski definition) is 2. The van der Waals surface area contributed by atoms with Crippen LogP contribution in [-0.4, -0.2) is 29.2 Å². The molecule has 3 atom stereocenters. The van der Waals surface area contributed by atoms with Gasteiger partial charge in [-0.3, -0.25) is 0 Å². The molecule has 5 nitrogen and oxygen atoms in total. The van der Waals surface area contributed by atoms with E-state index in [-0.39, 0.29) is 12.0 Å². The lowest BCUT2D eigenvalue weighted by atomic mass is 10.0. The number of amides is 2. The van der Waals surface area contributed by atoms with E-state index in [9.17, 15) is 9.59 Å². The van der Waals surface area contributed by atoms with Crippen molar-refractivity contribution >= 4 is 12.0 Å². The standard InChI is InChI=1S/C16H22N2O3/c1-10(2)8-14(15(19)20)18-16(21)17-13-9-12(13)11-6-4-3-5-7-11/h3-7,10,12-14H,8-9H2,1-2H3,(H,19,20)(H2,17,18,21)/t12?,13?,14-/m0/s1. The number of carbonyl (C=O) groups is 2. The maximum absolute atomic E-state index is 11.9. The minimum Gasteiger partial charge on any atom is -0.480 e. The zero-order valence-corrected chi connectivity index (χ0v) is 12.4. The predicted octanol–water partition coefficient (Wildman–Crippen LogP) is 2.34. The Morgan fingerprint density at radius 2 is 1.95 bits per heavy atom. The molecule has 0 radical (unpaired) electrons. The Kier molecular flexibility index (Phi) is 4.83. The molecule has 1 saturated carbocycles. The molecule has 1 aromatic carbocycles. The Hall–Kier alpha value is -2.04. The Morgan fingerprint density at radius 3 is 2.52 bits per heavy atom. The first-order chi connectivity index (χ1) is 9.97. The summed E-state index contributed by atoms with van der Waals surface area (Å²) in [6, 6.07) is 8.88. The number of carboxylic acid groups (broad SMARTS) is 1. The second-order valence-electron chi connectivity index (χ2n) is 6.00. The minimum atomic E-state index is -0.991. The number of benzene rings is 1. The van der Waals surface area contributed by atoms with Gasteiger partial charge in [0.1, 0.15) is 6.04 Å². The Bertz CT molecular complexity index is 502. The summed E-state index contributed by atoms with van der Waals surface area (Å²) in [4.78, 5) is 23.0. The van der Waals surface area contributed by atoms with E-state index in [4.69, 9.17) is 5.11 Å². The quantitative estimate of drug-likeness (QED) is 0.752. The highest BCUT2D eigenvalue weighted by Crippen LogP contribution is 2.40. The first kappa shape index (κ1) is 15.4. The molecule has 21 heavy (non-hydrogen) atoms. The van der Waals surface area contributed by atoms with Crippen LogP contribution in [0.1, 0.15) is 38.2 Å². The second-order valence-corrected chi connectivity index (χ2v) is 6.00. The van der Waals surface area contributed by atoms with E-state index >= 15 is 0 Å². The summed E-state index contributed by atoms with van der Waals surface area (Å²) < 4.78 is 0. The molecule has 0 spiro atoms. The van der Waals surface area contributed by atoms with Gasteiger partial charge >= 0.3 is 12.0 Å². The molecule has 0 aliphatic heterocycles. The van der Waals surface area contributed by atoms with Crippen LogP contribution in [0.2, 0.25) is 0 Å². The van der Waals surface area contributed by atoms with Crippen molar-refractivity contribution in [3.8, 4) is 0 Å². The van der Waals surface area contributed by atoms with Crippen molar-refractivity contribution in [2.45, 2.75) is 44.7 Å². The largest absolute Gasteiger partial charge is 0.480 e. The summed E-state index contributed by atoms with van der Waals surface area (Å²) in [6.07, 6.45) is 1.33. The molecule has 1 aromatic rings. The third-order valence-electron chi connectivity index (χ3n) is 3.65. The van der Waals surface area contributed by atoms with Crippen molar-refractivity contribution in [2.75, 3.05) is 0 Å². The van der Waals surface area contributed by atoms with Gasteiger partial charge in [-0.25, -0.2) is 9.59 Å². The highest BCUT2D eigenvalue weighted by atomic mass is 16.4. The van der Waals surface area contributed by atoms with Gasteiger partial charge in [0, 0.05) is 12.0 Å². The van der Waals surface area contributed by atoms with Crippen LogP contribution in [0.25, 0.3) is 0 Å². The molecule has 5 heteroatoms. The van der Waals surface area contributed by atoms with Gasteiger partial charge in [-0.2, -0.15) is 0 Å². The molecule has 0 aromatic heterocycles. The van der Waals surface area contributed by atoms with Gasteiger partial charge in [-0.1, -0.05) is 44.2 Å². The summed E-state index contributed by atoms with van der Waals surface area (Å²) in [5, 5.41) is 14.5. The van der Waals surface area contributed by atoms with Crippen LogP contribution in [0.3, 0.4) is 0 Å². The zero-order valence-electron chi connectivity index (χ0n) is 12.4. The van der Waals surface area contributed by atoms with Crippen LogP contribution in [0, 0.1) is 5.92 Å². The van der Waals surface area contributed by atoms with Crippen LogP contribution in [0.5, 0.6) is 0 Å². The van der Waals surface area contributed by atoms with E-state index in [1.54, 1.807) is 0 Å². The maximum atomic E-state index is 11.9. The number of nitrogens with one attached hydrogen (secondary N) is 2. The van der Waals surface area contributed by atoms with Crippen molar-refractivity contribution in [3.05, 3.63) is 35.9 Å². The smallest absolute Gasteiger partial charge is 0.326 e. The number of carbonyl (C=O) groups excluding carboxylic acids is 1. The summed E-state index contributed by atoms with van der Waals surface area (Å²) in [5.74, 6) is -0.441. The van der Waals surface area contributed by atoms with Crippen LogP contribution in [0.4, 0.5) is 4.79 Å². The normalized spacial score (nSPS) is 21.7. The summed E-state index contributed by atoms with van der Waals surface area (Å²) in [6.45, 7) is 3.86. The number of urea groups is 1. The van der Waals surface area contributed by atoms with Gasteiger partial charge in [-0.05, 0) is 24.3 Å². The van der Waals surface area contributed by atoms with Gasteiger partial charge in [0.15, 0.2) is 0 Å². The lowest BCUT2D eigenvalue weighted by Crippen LogP contribution is -2.47. The average molecular weight is 290 g/mol. The molecule has 1 fully saturated rings. The SMILES string of the molecule is CC(C)C[C@H](NC(=O)NC1CC1c1ccccc1)C(=O)O. The van der Waals surface area contributed by atoms with Crippen LogP contribution in [0.15, 0.2) is 30.3 Å². The average Bonchev–Trinajstić information content (AvgIpc) is 3.17. The third-order valence-corrected chi connectivity index (χ3v) is 3.65. The third kappa shape index (κ3) is 4.48. The monoisotopic (exact) mass is 290 g/mol. The van der Waals surface area contributed by atoms with Gasteiger partial charge in [-0.15, -0.1) is 0 Å². The molecule has 2 unspecified atom stereocenters. The molecule has 1 aliphatic carbocycles. The zero-order chi connectivity index (χ0) is 15.4. The van der Waals surface area contributed by atoms with Crippen molar-refractivity contribution < 1.29 is 14.7 Å². The Balaban J connectivity index is 1.81. The molecule has 2 amide bonds. The number of aliphatic carboxylic acids is 1. The lowest BCUT2D eigenvalue weighted by molar-refractivity contribution is -0.139. The van der Waals surface area contributed by atoms with Crippen molar-refractivity contribution in [1.29, 1.82) is 0 Å². The highest BCUT2D eigenvalue weighted by Gasteiger charge is 2.39. The van der Waals surface area contributed by atoms with E-state index in [2.05, 4.69) is 10.6 Å². The summed E-state index contributed by atoms with van der Waals surface area (Å²) in [7, 11) is 0. The van der Waals surface area contributed by atoms with Gasteiger partial charge in [0.25, 0.3) is 0 Å². The first-order valence-electron chi connectivity index (χ1n) is 7.32. The molecular formula is C16H22N2O3. The van der Waals surface area contributed by atoms with Crippen molar-refractivity contribution in [2.24, 2.45) is 5.92 Å². The molecule has 114 valence electrons. The molecule has 0 heterocycles. The predicted molar refractivity (Wildman–Crippen MR) is 80.1 cm³/mol. The van der Waals surface area contributed by atoms with Crippen LogP contribution < -0.4 is 10.6 Å². The van der Waals surface area contributed by atoms with Gasteiger partial charge in [0.2, 0.25) is 0 Å². The summed E-state index contributed by atoms with van der Waals surface area (Å²) in [5.41, 5.74) is 1.21.